The van der Waals surface area contributed by atoms with Gasteiger partial charge in [0.15, 0.2) is 11.2 Å². The monoisotopic (exact) mass is 970 g/mol. The molecule has 1 aliphatic rings. The summed E-state index contributed by atoms with van der Waals surface area (Å²) >= 11 is 0. The summed E-state index contributed by atoms with van der Waals surface area (Å²) in [6, 6.07) is 76.0. The first-order chi connectivity index (χ1) is 36.9. The van der Waals surface area contributed by atoms with E-state index in [1.54, 1.807) is 0 Å². The number of benzene rings is 11. The van der Waals surface area contributed by atoms with E-state index in [0.29, 0.717) is 0 Å². The lowest BCUT2D eigenvalue weighted by molar-refractivity contribution is 0.658. The van der Waals surface area contributed by atoms with Crippen molar-refractivity contribution in [2.75, 3.05) is 9.80 Å². The zero-order valence-electron chi connectivity index (χ0n) is 43.1. The first kappa shape index (κ1) is 45.0. The van der Waals surface area contributed by atoms with Gasteiger partial charge in [0.2, 0.25) is 0 Å². The van der Waals surface area contributed by atoms with E-state index in [1.807, 2.05) is 0 Å². The van der Waals surface area contributed by atoms with Crippen molar-refractivity contribution in [1.82, 2.24) is 0 Å². The number of rotatable bonds is 12. The van der Waals surface area contributed by atoms with E-state index in [-0.39, 0.29) is 5.41 Å². The molecule has 1 aliphatic carbocycles. The number of anilines is 6. The molecule has 13 aromatic rings. The molecule has 14 rings (SSSR count). The summed E-state index contributed by atoms with van der Waals surface area (Å²) in [7, 11) is 0. The molecule has 2 aromatic heterocycles. The summed E-state index contributed by atoms with van der Waals surface area (Å²) < 4.78 is 14.5. The fourth-order valence-corrected chi connectivity index (χ4v) is 12.7. The van der Waals surface area contributed by atoms with Crippen LogP contribution >= 0.6 is 0 Å². The summed E-state index contributed by atoms with van der Waals surface area (Å²) in [4.78, 5) is 4.86. The molecule has 4 heteroatoms. The van der Waals surface area contributed by atoms with Crippen LogP contribution in [0.3, 0.4) is 0 Å². The molecule has 0 radical (unpaired) electrons. The molecule has 0 atom stereocenters. The van der Waals surface area contributed by atoms with Gasteiger partial charge in [-0.2, -0.15) is 0 Å². The van der Waals surface area contributed by atoms with Crippen molar-refractivity contribution in [3.8, 4) is 11.1 Å². The first-order valence-corrected chi connectivity index (χ1v) is 27.0. The first-order valence-electron chi connectivity index (χ1n) is 27.0. The molecule has 4 nitrogen and oxygen atoms in total. The van der Waals surface area contributed by atoms with Crippen LogP contribution in [0.15, 0.2) is 215 Å². The minimum Gasteiger partial charge on any atom is -0.454 e. The number of hydrogen-bond acceptors (Lipinski definition) is 4. The van der Waals surface area contributed by atoms with Crippen LogP contribution in [0.4, 0.5) is 34.1 Å². The van der Waals surface area contributed by atoms with Crippen molar-refractivity contribution in [3.05, 3.63) is 229 Å². The van der Waals surface area contributed by atoms with Gasteiger partial charge in [0.05, 0.1) is 17.1 Å². The zero-order chi connectivity index (χ0) is 50.4. The molecule has 0 unspecified atom stereocenters. The highest BCUT2D eigenvalue weighted by Crippen LogP contribution is 2.57. The van der Waals surface area contributed by atoms with E-state index in [4.69, 9.17) is 8.83 Å². The van der Waals surface area contributed by atoms with Crippen molar-refractivity contribution < 1.29 is 8.83 Å². The SMILES string of the molecule is CCCCc1cc2ccccc2c2c1oc1c(N(c3ccccc3)c3ccc4c(c3)C(C)(C)c3cc(N(c5ccccc5)c5cccc6c5oc5c(CCCC)cc7ccccc7c56)c5ccccc5c3-4)cccc12. The second kappa shape index (κ2) is 17.8. The summed E-state index contributed by atoms with van der Waals surface area (Å²) in [6.45, 7) is 9.34. The maximum Gasteiger partial charge on any atom is 0.159 e. The largest absolute Gasteiger partial charge is 0.454 e. The van der Waals surface area contributed by atoms with E-state index >= 15 is 0 Å². The second-order valence-corrected chi connectivity index (χ2v) is 21.2. The molecule has 364 valence electrons. The van der Waals surface area contributed by atoms with Crippen molar-refractivity contribution in [3.63, 3.8) is 0 Å². The van der Waals surface area contributed by atoms with Gasteiger partial charge in [0, 0.05) is 49.4 Å². The Morgan fingerprint density at radius 1 is 0.373 bits per heavy atom. The van der Waals surface area contributed by atoms with E-state index in [9.17, 15) is 0 Å². The van der Waals surface area contributed by atoms with E-state index < -0.39 is 0 Å². The van der Waals surface area contributed by atoms with Gasteiger partial charge in [-0.3, -0.25) is 0 Å². The highest BCUT2D eigenvalue weighted by molar-refractivity contribution is 6.23. The molecular formula is C71H58N2O2. The van der Waals surface area contributed by atoms with Gasteiger partial charge in [-0.05, 0) is 153 Å². The van der Waals surface area contributed by atoms with Gasteiger partial charge >= 0.3 is 0 Å². The van der Waals surface area contributed by atoms with Crippen LogP contribution in [0.5, 0.6) is 0 Å². The number of hydrogen-bond donors (Lipinski definition) is 0. The van der Waals surface area contributed by atoms with Crippen LogP contribution in [0.25, 0.3) is 87.3 Å². The second-order valence-electron chi connectivity index (χ2n) is 21.2. The van der Waals surface area contributed by atoms with Gasteiger partial charge in [0.25, 0.3) is 0 Å². The smallest absolute Gasteiger partial charge is 0.159 e. The highest BCUT2D eigenvalue weighted by Gasteiger charge is 2.39. The molecule has 0 fully saturated rings. The number of nitrogens with zero attached hydrogens (tertiary/aromatic N) is 2. The highest BCUT2D eigenvalue weighted by atomic mass is 16.3. The Morgan fingerprint density at radius 3 is 1.41 bits per heavy atom. The number of unbranched alkanes of at least 4 members (excludes halogenated alkanes) is 2. The third kappa shape index (κ3) is 7.03. The van der Waals surface area contributed by atoms with Crippen LogP contribution in [0, 0.1) is 0 Å². The predicted octanol–water partition coefficient (Wildman–Crippen LogP) is 20.9. The Labute approximate surface area is 438 Å². The van der Waals surface area contributed by atoms with Gasteiger partial charge in [-0.25, -0.2) is 0 Å². The molecule has 0 saturated heterocycles. The Bertz CT molecular complexity index is 4370. The normalized spacial score (nSPS) is 13.0. The van der Waals surface area contributed by atoms with Gasteiger partial charge in [-0.15, -0.1) is 0 Å². The topological polar surface area (TPSA) is 32.8 Å². The quantitative estimate of drug-likeness (QED) is 0.122. The van der Waals surface area contributed by atoms with E-state index in [0.717, 1.165) is 106 Å². The van der Waals surface area contributed by atoms with Gasteiger partial charge < -0.3 is 18.6 Å². The third-order valence-corrected chi connectivity index (χ3v) is 16.3. The summed E-state index contributed by atoms with van der Waals surface area (Å²) in [5.41, 5.74) is 17.5. The Morgan fingerprint density at radius 2 is 0.853 bits per heavy atom. The molecular weight excluding hydrogens is 913 g/mol. The maximum absolute atomic E-state index is 7.28. The third-order valence-electron chi connectivity index (χ3n) is 16.3. The van der Waals surface area contributed by atoms with Crippen LogP contribution in [0.1, 0.15) is 75.6 Å². The Hall–Kier alpha value is -8.60. The lowest BCUT2D eigenvalue weighted by Gasteiger charge is -2.30. The van der Waals surface area contributed by atoms with Crippen molar-refractivity contribution in [2.45, 2.75) is 71.6 Å². The minimum atomic E-state index is -0.374. The fraction of sp³-hybridized carbons (Fsp3) is 0.155. The molecule has 0 spiro atoms. The molecule has 11 aromatic carbocycles. The van der Waals surface area contributed by atoms with Crippen molar-refractivity contribution in [1.29, 1.82) is 0 Å². The summed E-state index contributed by atoms with van der Waals surface area (Å²) in [5.74, 6) is 0. The molecule has 0 aliphatic heterocycles. The number of para-hydroxylation sites is 4. The van der Waals surface area contributed by atoms with E-state index in [2.05, 4.69) is 244 Å². The van der Waals surface area contributed by atoms with Crippen LogP contribution in [-0.4, -0.2) is 0 Å². The van der Waals surface area contributed by atoms with Crippen LogP contribution in [-0.2, 0) is 18.3 Å². The number of fused-ring (bicyclic) bond motifs is 15. The predicted molar refractivity (Wildman–Crippen MR) is 318 cm³/mol. The Kier molecular flexibility index (Phi) is 10.7. The Balaban J connectivity index is 0.964. The lowest BCUT2D eigenvalue weighted by Crippen LogP contribution is -2.18. The molecule has 0 saturated carbocycles. The minimum absolute atomic E-state index is 0.374. The standard InChI is InChI=1S/C71H58N2O2/c1-5-7-23-47-41-45-25-15-17-31-52(45)65-57-35-21-37-61(69(57)74-67(47)65)72(49-27-11-9-12-28-49)51-39-40-56-59(43-51)71(3,4)60-44-63(54-33-19-20-34-55(54)64(56)60)73(50-29-13-10-14-30-50)62-38-22-36-58-66-53-32-18-16-26-46(53)42-48(24-8-6-2)68(66)75-70(58)62/h9-22,25-44H,5-8,23-24H2,1-4H3. The molecule has 0 N–H and O–H groups in total. The summed E-state index contributed by atoms with van der Waals surface area (Å²) in [6.07, 6.45) is 6.40. The van der Waals surface area contributed by atoms with E-state index in [1.165, 1.54) is 76.5 Å². The molecule has 0 bridgehead atoms. The van der Waals surface area contributed by atoms with Crippen molar-refractivity contribution in [2.24, 2.45) is 0 Å². The lowest BCUT2D eigenvalue weighted by atomic mass is 9.81. The summed E-state index contributed by atoms with van der Waals surface area (Å²) in [5, 5.41) is 12.0. The number of furan rings is 2. The van der Waals surface area contributed by atoms with Crippen LogP contribution in [0.2, 0.25) is 0 Å². The maximum atomic E-state index is 7.28. The molecule has 0 amide bonds. The fourth-order valence-electron chi connectivity index (χ4n) is 12.7. The average Bonchev–Trinajstić information content (AvgIpc) is 4.23. The molecule has 75 heavy (non-hydrogen) atoms. The van der Waals surface area contributed by atoms with Crippen LogP contribution < -0.4 is 9.80 Å². The van der Waals surface area contributed by atoms with Crippen molar-refractivity contribution >= 4 is 110 Å². The molecule has 2 heterocycles. The number of aryl methyl sites for hydroxylation is 2. The van der Waals surface area contributed by atoms with Gasteiger partial charge in [0.1, 0.15) is 11.2 Å². The zero-order valence-corrected chi connectivity index (χ0v) is 43.1. The average molecular weight is 971 g/mol. The van der Waals surface area contributed by atoms with Gasteiger partial charge in [-0.1, -0.05) is 180 Å².